The van der Waals surface area contributed by atoms with Crippen LogP contribution in [0.15, 0.2) is 64.2 Å². The second-order valence-electron chi connectivity index (χ2n) is 8.23. The van der Waals surface area contributed by atoms with E-state index in [1.807, 2.05) is 19.2 Å². The van der Waals surface area contributed by atoms with E-state index in [-0.39, 0.29) is 24.0 Å². The summed E-state index contributed by atoms with van der Waals surface area (Å²) in [6, 6.07) is 13.2. The van der Waals surface area contributed by atoms with Crippen LogP contribution < -0.4 is 5.32 Å². The Morgan fingerprint density at radius 2 is 1.90 bits per heavy atom. The number of halogens is 1. The van der Waals surface area contributed by atoms with Gasteiger partial charge in [0, 0.05) is 52.4 Å². The lowest BCUT2D eigenvalue weighted by Gasteiger charge is -2.26. The molecule has 168 valence electrons. The highest BCUT2D eigenvalue weighted by Crippen LogP contribution is 2.18. The number of guanidine groups is 1. The van der Waals surface area contributed by atoms with Crippen LogP contribution in [0.4, 0.5) is 0 Å². The van der Waals surface area contributed by atoms with Crippen LogP contribution in [-0.4, -0.2) is 67.0 Å². The minimum absolute atomic E-state index is 0. The molecule has 0 amide bonds. The molecule has 7 heteroatoms. The summed E-state index contributed by atoms with van der Waals surface area (Å²) in [6.45, 7) is 6.75. The third kappa shape index (κ3) is 6.33. The van der Waals surface area contributed by atoms with E-state index in [1.165, 1.54) is 17.5 Å². The lowest BCUT2D eigenvalue weighted by Crippen LogP contribution is -2.42. The predicted molar refractivity (Wildman–Crippen MR) is 137 cm³/mol. The maximum atomic E-state index is 5.49. The minimum atomic E-state index is 0. The van der Waals surface area contributed by atoms with Crippen LogP contribution in [0.1, 0.15) is 23.3 Å². The molecule has 3 heterocycles. The first kappa shape index (κ1) is 23.8. The maximum Gasteiger partial charge on any atom is 0.193 e. The SMILES string of the molecule is CN=C(NCc1ccccc1CN(C)Cc1ccco1)N1CCC(N2CC=CC2)C1.I. The molecule has 1 saturated heterocycles. The number of aliphatic imine (C=N–C) groups is 1. The van der Waals surface area contributed by atoms with Crippen molar-refractivity contribution in [2.24, 2.45) is 4.99 Å². The molecule has 1 aromatic heterocycles. The highest BCUT2D eigenvalue weighted by atomic mass is 127. The van der Waals surface area contributed by atoms with Crippen LogP contribution >= 0.6 is 24.0 Å². The number of furan rings is 1. The monoisotopic (exact) mass is 535 g/mol. The van der Waals surface area contributed by atoms with E-state index in [1.54, 1.807) is 6.26 Å². The topological polar surface area (TPSA) is 47.3 Å². The highest BCUT2D eigenvalue weighted by molar-refractivity contribution is 14.0. The first-order valence-corrected chi connectivity index (χ1v) is 10.9. The van der Waals surface area contributed by atoms with Crippen molar-refractivity contribution >= 4 is 29.9 Å². The zero-order chi connectivity index (χ0) is 20.8. The molecule has 1 aromatic carbocycles. The zero-order valence-corrected chi connectivity index (χ0v) is 20.9. The van der Waals surface area contributed by atoms with Crippen LogP contribution in [0.5, 0.6) is 0 Å². The van der Waals surface area contributed by atoms with Crippen LogP contribution in [0, 0.1) is 0 Å². The summed E-state index contributed by atoms with van der Waals surface area (Å²) in [7, 11) is 4.01. The number of hydrogen-bond acceptors (Lipinski definition) is 4. The van der Waals surface area contributed by atoms with Crippen molar-refractivity contribution in [1.29, 1.82) is 0 Å². The number of nitrogens with one attached hydrogen (secondary N) is 1. The molecule has 2 aliphatic rings. The Bertz CT molecular complexity index is 859. The number of rotatable bonds is 7. The summed E-state index contributed by atoms with van der Waals surface area (Å²) >= 11 is 0. The molecular weight excluding hydrogens is 501 g/mol. The van der Waals surface area contributed by atoms with E-state index in [0.717, 1.165) is 57.5 Å². The molecule has 2 aliphatic heterocycles. The van der Waals surface area contributed by atoms with Crippen molar-refractivity contribution in [1.82, 2.24) is 20.0 Å². The van der Waals surface area contributed by atoms with Gasteiger partial charge in [0.2, 0.25) is 0 Å². The maximum absolute atomic E-state index is 5.49. The number of likely N-dealkylation sites (tertiary alicyclic amines) is 1. The number of nitrogens with zero attached hydrogens (tertiary/aromatic N) is 4. The van der Waals surface area contributed by atoms with E-state index < -0.39 is 0 Å². The smallest absolute Gasteiger partial charge is 0.193 e. The molecule has 0 saturated carbocycles. The van der Waals surface area contributed by atoms with Crippen molar-refractivity contribution in [3.05, 3.63) is 71.7 Å². The minimum Gasteiger partial charge on any atom is -0.468 e. The van der Waals surface area contributed by atoms with Gasteiger partial charge in [-0.3, -0.25) is 14.8 Å². The number of hydrogen-bond donors (Lipinski definition) is 1. The molecule has 1 N–H and O–H groups in total. The Hall–Kier alpha value is -1.84. The Kier molecular flexibility index (Phi) is 8.98. The molecule has 4 rings (SSSR count). The Morgan fingerprint density at radius 1 is 1.13 bits per heavy atom. The predicted octanol–water partition coefficient (Wildman–Crippen LogP) is 3.55. The fourth-order valence-corrected chi connectivity index (χ4v) is 4.43. The molecule has 1 atom stereocenters. The van der Waals surface area contributed by atoms with Gasteiger partial charge in [-0.25, -0.2) is 0 Å². The molecule has 0 aliphatic carbocycles. The summed E-state index contributed by atoms with van der Waals surface area (Å²) in [4.78, 5) is 11.8. The molecule has 6 nitrogen and oxygen atoms in total. The highest BCUT2D eigenvalue weighted by Gasteiger charge is 2.29. The molecule has 2 aromatic rings. The second kappa shape index (κ2) is 11.7. The summed E-state index contributed by atoms with van der Waals surface area (Å²) in [6.07, 6.45) is 7.48. The summed E-state index contributed by atoms with van der Waals surface area (Å²) in [5.74, 6) is 1.99. The fraction of sp³-hybridized carbons (Fsp3) is 0.458. The van der Waals surface area contributed by atoms with Crippen LogP contribution in [0.3, 0.4) is 0 Å². The average Bonchev–Trinajstić information content (AvgIpc) is 3.52. The van der Waals surface area contributed by atoms with E-state index in [9.17, 15) is 0 Å². The van der Waals surface area contributed by atoms with Crippen molar-refractivity contribution in [2.45, 2.75) is 32.1 Å². The summed E-state index contributed by atoms with van der Waals surface area (Å²) in [5, 5.41) is 3.60. The van der Waals surface area contributed by atoms with Gasteiger partial charge in [-0.2, -0.15) is 0 Å². The summed E-state index contributed by atoms with van der Waals surface area (Å²) in [5.41, 5.74) is 2.64. The Labute approximate surface area is 203 Å². The van der Waals surface area contributed by atoms with Gasteiger partial charge in [0.05, 0.1) is 12.8 Å². The molecule has 1 fully saturated rings. The first-order chi connectivity index (χ1) is 14.7. The second-order valence-corrected chi connectivity index (χ2v) is 8.23. The van der Waals surface area contributed by atoms with E-state index >= 15 is 0 Å². The molecular formula is C24H34IN5O. The standard InChI is InChI=1S/C24H33N5O.HI/c1-25-24(29-14-11-22(18-29)28-12-5-6-13-28)26-16-20-8-3-4-9-21(20)17-27(2)19-23-10-7-15-30-23;/h3-10,15,22H,11-14,16-19H2,1-2H3,(H,25,26);1H. The molecule has 1 unspecified atom stereocenters. The van der Waals surface area contributed by atoms with Gasteiger partial charge in [-0.15, -0.1) is 24.0 Å². The van der Waals surface area contributed by atoms with Gasteiger partial charge in [-0.1, -0.05) is 36.4 Å². The van der Waals surface area contributed by atoms with Gasteiger partial charge >= 0.3 is 0 Å². The van der Waals surface area contributed by atoms with Crippen molar-refractivity contribution < 1.29 is 4.42 Å². The molecule has 0 spiro atoms. The van der Waals surface area contributed by atoms with Gasteiger partial charge in [-0.05, 0) is 36.7 Å². The first-order valence-electron chi connectivity index (χ1n) is 10.9. The largest absolute Gasteiger partial charge is 0.468 e. The van der Waals surface area contributed by atoms with E-state index in [0.29, 0.717) is 6.04 Å². The Morgan fingerprint density at radius 3 is 2.61 bits per heavy atom. The third-order valence-corrected chi connectivity index (χ3v) is 6.04. The van der Waals surface area contributed by atoms with Gasteiger partial charge < -0.3 is 14.6 Å². The quantitative estimate of drug-likeness (QED) is 0.255. The van der Waals surface area contributed by atoms with E-state index in [2.05, 4.69) is 68.5 Å². The molecule has 0 bridgehead atoms. The van der Waals surface area contributed by atoms with Crippen molar-refractivity contribution in [2.75, 3.05) is 40.3 Å². The van der Waals surface area contributed by atoms with Crippen LogP contribution in [-0.2, 0) is 19.6 Å². The molecule has 0 radical (unpaired) electrons. The van der Waals surface area contributed by atoms with Gasteiger partial charge in [0.1, 0.15) is 5.76 Å². The molecule has 31 heavy (non-hydrogen) atoms. The van der Waals surface area contributed by atoms with Crippen molar-refractivity contribution in [3.8, 4) is 0 Å². The normalized spacial score (nSPS) is 19.3. The van der Waals surface area contributed by atoms with Crippen LogP contribution in [0.2, 0.25) is 0 Å². The zero-order valence-electron chi connectivity index (χ0n) is 18.5. The fourth-order valence-electron chi connectivity index (χ4n) is 4.43. The van der Waals surface area contributed by atoms with Gasteiger partial charge in [0.25, 0.3) is 0 Å². The third-order valence-electron chi connectivity index (χ3n) is 6.04. The van der Waals surface area contributed by atoms with Crippen LogP contribution in [0.25, 0.3) is 0 Å². The van der Waals surface area contributed by atoms with E-state index in [4.69, 9.17) is 4.42 Å². The number of benzene rings is 1. The Balaban J connectivity index is 0.00000272. The lowest BCUT2D eigenvalue weighted by molar-refractivity contribution is 0.259. The summed E-state index contributed by atoms with van der Waals surface area (Å²) < 4.78 is 5.49. The lowest BCUT2D eigenvalue weighted by atomic mass is 10.1. The average molecular weight is 535 g/mol. The van der Waals surface area contributed by atoms with Gasteiger partial charge in [0.15, 0.2) is 5.96 Å². The van der Waals surface area contributed by atoms with Crippen molar-refractivity contribution in [3.63, 3.8) is 0 Å².